The van der Waals surface area contributed by atoms with Gasteiger partial charge in [0.2, 0.25) is 5.91 Å². The second-order valence-corrected chi connectivity index (χ2v) is 6.12. The van der Waals surface area contributed by atoms with Crippen LogP contribution in [0.25, 0.3) is 0 Å². The average molecular weight is 370 g/mol. The highest BCUT2D eigenvalue weighted by Crippen LogP contribution is 2.14. The van der Waals surface area contributed by atoms with Gasteiger partial charge in [-0.1, -0.05) is 42.5 Å². The summed E-state index contributed by atoms with van der Waals surface area (Å²) >= 11 is 0. The van der Waals surface area contributed by atoms with E-state index in [1.807, 2.05) is 30.3 Å². The van der Waals surface area contributed by atoms with Crippen LogP contribution in [0.15, 0.2) is 54.6 Å². The van der Waals surface area contributed by atoms with Gasteiger partial charge in [0.15, 0.2) is 0 Å². The fourth-order valence-electron chi connectivity index (χ4n) is 2.76. The highest BCUT2D eigenvalue weighted by Gasteiger charge is 2.21. The molecule has 1 amide bonds. The van der Waals surface area contributed by atoms with Crippen LogP contribution in [0.5, 0.6) is 0 Å². The Labute approximate surface area is 157 Å². The van der Waals surface area contributed by atoms with Crippen LogP contribution in [-0.2, 0) is 27.2 Å². The quantitative estimate of drug-likeness (QED) is 0.416. The van der Waals surface area contributed by atoms with E-state index in [0.29, 0.717) is 18.4 Å². The first kappa shape index (κ1) is 20.1. The van der Waals surface area contributed by atoms with Crippen LogP contribution in [0.2, 0.25) is 0 Å². The Balaban J connectivity index is 1.92. The molecule has 2 aromatic rings. The fraction of sp³-hybridized carbons (Fsp3) is 0.300. The van der Waals surface area contributed by atoms with Gasteiger partial charge < -0.3 is 10.1 Å². The molecule has 0 fully saturated rings. The number of nitrogens with zero attached hydrogens (tertiary/aromatic N) is 1. The second kappa shape index (κ2) is 10.1. The van der Waals surface area contributed by atoms with E-state index in [9.17, 15) is 19.7 Å². The molecule has 27 heavy (non-hydrogen) atoms. The highest BCUT2D eigenvalue weighted by atomic mass is 16.6. The predicted octanol–water partition coefficient (Wildman–Crippen LogP) is 2.82. The molecule has 0 heterocycles. The molecule has 1 N–H and O–H groups in total. The summed E-state index contributed by atoms with van der Waals surface area (Å²) in [6.45, 7) is 0. The van der Waals surface area contributed by atoms with Crippen molar-refractivity contribution in [2.24, 2.45) is 0 Å². The summed E-state index contributed by atoms with van der Waals surface area (Å²) in [5.74, 6) is -0.888. The molecule has 0 aliphatic carbocycles. The summed E-state index contributed by atoms with van der Waals surface area (Å²) < 4.78 is 4.77. The maximum Gasteiger partial charge on any atom is 0.328 e. The van der Waals surface area contributed by atoms with Gasteiger partial charge in [-0.2, -0.15) is 0 Å². The van der Waals surface area contributed by atoms with E-state index >= 15 is 0 Å². The molecule has 0 unspecified atom stereocenters. The van der Waals surface area contributed by atoms with Crippen LogP contribution in [0.1, 0.15) is 24.0 Å². The van der Waals surface area contributed by atoms with Crippen molar-refractivity contribution in [3.05, 3.63) is 75.8 Å². The van der Waals surface area contributed by atoms with Gasteiger partial charge in [0, 0.05) is 12.1 Å². The lowest BCUT2D eigenvalue weighted by molar-refractivity contribution is -0.384. The van der Waals surface area contributed by atoms with Gasteiger partial charge in [0.25, 0.3) is 5.69 Å². The second-order valence-electron chi connectivity index (χ2n) is 6.12. The van der Waals surface area contributed by atoms with E-state index in [4.69, 9.17) is 4.74 Å². The van der Waals surface area contributed by atoms with Crippen molar-refractivity contribution in [1.82, 2.24) is 5.32 Å². The summed E-state index contributed by atoms with van der Waals surface area (Å²) in [5, 5.41) is 13.5. The van der Waals surface area contributed by atoms with Crippen molar-refractivity contribution >= 4 is 17.6 Å². The standard InChI is InChI=1S/C20H22N2O5/c1-27-20(24)18(12-6-9-15-7-3-2-4-8-15)21-19(23)14-16-10-5-11-17(13-16)22(25)26/h2-5,7-8,10-11,13,18H,6,9,12,14H2,1H3,(H,21,23)/t18-/m1/s1. The van der Waals surface area contributed by atoms with Gasteiger partial charge in [-0.25, -0.2) is 4.79 Å². The van der Waals surface area contributed by atoms with Crippen molar-refractivity contribution < 1.29 is 19.2 Å². The molecule has 0 saturated carbocycles. The minimum Gasteiger partial charge on any atom is -0.467 e. The van der Waals surface area contributed by atoms with Gasteiger partial charge in [-0.15, -0.1) is 0 Å². The number of carbonyl (C=O) groups excluding carboxylic acids is 2. The van der Waals surface area contributed by atoms with Crippen LogP contribution in [0.3, 0.4) is 0 Å². The van der Waals surface area contributed by atoms with Crippen molar-refractivity contribution in [2.75, 3.05) is 7.11 Å². The third-order valence-electron chi connectivity index (χ3n) is 4.11. The smallest absolute Gasteiger partial charge is 0.328 e. The molecule has 142 valence electrons. The van der Waals surface area contributed by atoms with Crippen LogP contribution < -0.4 is 5.32 Å². The molecule has 2 rings (SSSR count). The van der Waals surface area contributed by atoms with Gasteiger partial charge in [0.05, 0.1) is 18.5 Å². The van der Waals surface area contributed by atoms with Crippen molar-refractivity contribution in [3.8, 4) is 0 Å². The summed E-state index contributed by atoms with van der Waals surface area (Å²) in [5.41, 5.74) is 1.59. The monoisotopic (exact) mass is 370 g/mol. The molecule has 7 nitrogen and oxygen atoms in total. The third-order valence-corrected chi connectivity index (χ3v) is 4.11. The molecule has 0 aromatic heterocycles. The molecular formula is C20H22N2O5. The number of methoxy groups -OCH3 is 1. The van der Waals surface area contributed by atoms with Gasteiger partial charge in [0.1, 0.15) is 6.04 Å². The number of esters is 1. The number of nitro benzene ring substituents is 1. The molecule has 0 bridgehead atoms. The molecular weight excluding hydrogens is 348 g/mol. The Morgan fingerprint density at radius 3 is 2.48 bits per heavy atom. The number of carbonyl (C=O) groups is 2. The van der Waals surface area contributed by atoms with Crippen LogP contribution in [0.4, 0.5) is 5.69 Å². The number of hydrogen-bond donors (Lipinski definition) is 1. The number of nitro groups is 1. The third kappa shape index (κ3) is 6.54. The Morgan fingerprint density at radius 2 is 1.81 bits per heavy atom. The molecule has 2 aromatic carbocycles. The molecule has 0 aliphatic rings. The van der Waals surface area contributed by atoms with E-state index in [1.165, 1.54) is 25.3 Å². The number of benzene rings is 2. The number of rotatable bonds is 9. The molecule has 0 saturated heterocycles. The normalized spacial score (nSPS) is 11.4. The largest absolute Gasteiger partial charge is 0.467 e. The number of nitrogens with one attached hydrogen (secondary N) is 1. The molecule has 0 spiro atoms. The molecule has 7 heteroatoms. The van der Waals surface area contributed by atoms with E-state index in [0.717, 1.165) is 12.0 Å². The SMILES string of the molecule is COC(=O)[C@@H](CCCc1ccccc1)NC(=O)Cc1cccc([N+](=O)[O-])c1. The summed E-state index contributed by atoms with van der Waals surface area (Å²) in [6, 6.07) is 15.0. The van der Waals surface area contributed by atoms with Crippen molar-refractivity contribution in [3.63, 3.8) is 0 Å². The van der Waals surface area contributed by atoms with E-state index in [2.05, 4.69) is 5.32 Å². The first-order valence-corrected chi connectivity index (χ1v) is 8.64. The minimum atomic E-state index is -0.745. The van der Waals surface area contributed by atoms with Gasteiger partial charge in [-0.05, 0) is 30.4 Å². The molecule has 0 radical (unpaired) electrons. The zero-order valence-corrected chi connectivity index (χ0v) is 15.1. The first-order valence-electron chi connectivity index (χ1n) is 8.64. The maximum atomic E-state index is 12.3. The number of ether oxygens (including phenoxy) is 1. The molecule has 1 atom stereocenters. The van der Waals surface area contributed by atoms with Crippen LogP contribution >= 0.6 is 0 Å². The van der Waals surface area contributed by atoms with E-state index in [1.54, 1.807) is 6.07 Å². The lowest BCUT2D eigenvalue weighted by Crippen LogP contribution is -2.42. The Bertz CT molecular complexity index is 792. The van der Waals surface area contributed by atoms with Crippen molar-refractivity contribution in [1.29, 1.82) is 0 Å². The van der Waals surface area contributed by atoms with Crippen LogP contribution in [-0.4, -0.2) is 30.0 Å². The average Bonchev–Trinajstić information content (AvgIpc) is 2.67. The van der Waals surface area contributed by atoms with E-state index in [-0.39, 0.29) is 18.0 Å². The Kier molecular flexibility index (Phi) is 7.49. The topological polar surface area (TPSA) is 98.5 Å². The predicted molar refractivity (Wildman–Crippen MR) is 100 cm³/mol. The maximum absolute atomic E-state index is 12.3. The van der Waals surface area contributed by atoms with Gasteiger partial charge in [-0.3, -0.25) is 14.9 Å². The Hall–Kier alpha value is -3.22. The van der Waals surface area contributed by atoms with Crippen LogP contribution in [0, 0.1) is 10.1 Å². The fourth-order valence-corrected chi connectivity index (χ4v) is 2.76. The number of non-ortho nitro benzene ring substituents is 1. The summed E-state index contributed by atoms with van der Waals surface area (Å²) in [7, 11) is 1.28. The first-order chi connectivity index (χ1) is 13.0. The lowest BCUT2D eigenvalue weighted by Gasteiger charge is -2.16. The molecule has 0 aliphatic heterocycles. The van der Waals surface area contributed by atoms with Gasteiger partial charge >= 0.3 is 5.97 Å². The lowest BCUT2D eigenvalue weighted by atomic mass is 10.0. The number of aryl methyl sites for hydroxylation is 1. The number of hydrogen-bond acceptors (Lipinski definition) is 5. The zero-order chi connectivity index (χ0) is 19.6. The summed E-state index contributed by atoms with van der Waals surface area (Å²) in [6.07, 6.45) is 1.89. The Morgan fingerprint density at radius 1 is 1.11 bits per heavy atom. The van der Waals surface area contributed by atoms with Crippen molar-refractivity contribution in [2.45, 2.75) is 31.7 Å². The zero-order valence-electron chi connectivity index (χ0n) is 15.1. The highest BCUT2D eigenvalue weighted by molar-refractivity contribution is 5.85. The minimum absolute atomic E-state index is 0.0478. The summed E-state index contributed by atoms with van der Waals surface area (Å²) in [4.78, 5) is 34.5. The number of amides is 1. The van der Waals surface area contributed by atoms with E-state index < -0.39 is 16.9 Å².